The van der Waals surface area contributed by atoms with Crippen LogP contribution in [0.1, 0.15) is 5.56 Å². The minimum Gasteiger partial charge on any atom is -0.399 e. The zero-order valence-electron chi connectivity index (χ0n) is 10.4. The summed E-state index contributed by atoms with van der Waals surface area (Å²) in [6.07, 6.45) is 0. The molecule has 2 aromatic carbocycles. The molecule has 0 heterocycles. The smallest absolute Gasteiger partial charge is 0.323 e. The second-order valence-corrected chi connectivity index (χ2v) is 4.42. The highest BCUT2D eigenvalue weighted by molar-refractivity contribution is 6.33. The summed E-state index contributed by atoms with van der Waals surface area (Å²) in [6, 6.07) is 13.0. The number of urea groups is 1. The van der Waals surface area contributed by atoms with Crippen LogP contribution in [0.4, 0.5) is 21.9 Å². The number of hydrogen-bond donors (Lipinski definition) is 3. The van der Waals surface area contributed by atoms with Gasteiger partial charge in [-0.2, -0.15) is 5.26 Å². The number of nitrogens with zero attached hydrogens (tertiary/aromatic N) is 1. The van der Waals surface area contributed by atoms with Gasteiger partial charge < -0.3 is 16.4 Å². The van der Waals surface area contributed by atoms with Gasteiger partial charge in [0.15, 0.2) is 0 Å². The molecule has 0 bridgehead atoms. The Kier molecular flexibility index (Phi) is 4.08. The van der Waals surface area contributed by atoms with Gasteiger partial charge in [-0.05, 0) is 36.4 Å². The van der Waals surface area contributed by atoms with E-state index in [0.29, 0.717) is 27.6 Å². The van der Waals surface area contributed by atoms with Crippen molar-refractivity contribution in [1.29, 1.82) is 5.26 Å². The Hall–Kier alpha value is -2.71. The summed E-state index contributed by atoms with van der Waals surface area (Å²) in [5.41, 5.74) is 7.60. The Bertz CT molecular complexity index is 694. The highest BCUT2D eigenvalue weighted by atomic mass is 35.5. The van der Waals surface area contributed by atoms with Crippen LogP contribution in [-0.4, -0.2) is 6.03 Å². The number of amides is 2. The molecule has 0 spiro atoms. The number of halogens is 1. The van der Waals surface area contributed by atoms with E-state index in [0.717, 1.165) is 0 Å². The third kappa shape index (κ3) is 3.40. The van der Waals surface area contributed by atoms with Crippen LogP contribution < -0.4 is 16.4 Å². The van der Waals surface area contributed by atoms with Gasteiger partial charge in [0.05, 0.1) is 22.3 Å². The zero-order chi connectivity index (χ0) is 14.5. The molecule has 5 nitrogen and oxygen atoms in total. The summed E-state index contributed by atoms with van der Waals surface area (Å²) in [6.45, 7) is 0. The fraction of sp³-hybridized carbons (Fsp3) is 0. The van der Waals surface area contributed by atoms with Crippen LogP contribution in [-0.2, 0) is 0 Å². The molecule has 0 radical (unpaired) electrons. The molecule has 0 unspecified atom stereocenters. The van der Waals surface area contributed by atoms with Gasteiger partial charge in [-0.1, -0.05) is 17.7 Å². The number of carbonyl (C=O) groups excluding carboxylic acids is 1. The standard InChI is InChI=1S/C14H11ClN4O/c15-12-6-9(8-16)4-5-13(12)19-14(20)18-11-3-1-2-10(17)7-11/h1-7H,17H2,(H2,18,19,20). The maximum absolute atomic E-state index is 11.8. The Morgan fingerprint density at radius 1 is 1.20 bits per heavy atom. The molecule has 0 aliphatic carbocycles. The van der Waals surface area contributed by atoms with Crippen LogP contribution in [0.2, 0.25) is 5.02 Å². The number of nitrogens with two attached hydrogens (primary N) is 1. The number of anilines is 3. The van der Waals surface area contributed by atoms with Crippen LogP contribution in [0.25, 0.3) is 0 Å². The third-order valence-corrected chi connectivity index (χ3v) is 2.80. The number of rotatable bonds is 2. The Morgan fingerprint density at radius 2 is 2.00 bits per heavy atom. The van der Waals surface area contributed by atoms with Crippen LogP contribution in [0.5, 0.6) is 0 Å². The second-order valence-electron chi connectivity index (χ2n) is 4.01. The lowest BCUT2D eigenvalue weighted by Gasteiger charge is -2.09. The lowest BCUT2D eigenvalue weighted by molar-refractivity contribution is 0.262. The molecule has 20 heavy (non-hydrogen) atoms. The fourth-order valence-electron chi connectivity index (χ4n) is 1.59. The van der Waals surface area contributed by atoms with E-state index >= 15 is 0 Å². The lowest BCUT2D eigenvalue weighted by atomic mass is 10.2. The number of nitrogens with one attached hydrogen (secondary N) is 2. The summed E-state index contributed by atoms with van der Waals surface area (Å²) in [5, 5.41) is 14.3. The minimum atomic E-state index is -0.442. The van der Waals surface area contributed by atoms with E-state index in [9.17, 15) is 4.79 Å². The van der Waals surface area contributed by atoms with Crippen molar-refractivity contribution in [3.63, 3.8) is 0 Å². The van der Waals surface area contributed by atoms with Gasteiger partial charge >= 0.3 is 6.03 Å². The first kappa shape index (κ1) is 13.7. The Balaban J connectivity index is 2.07. The number of nitrogen functional groups attached to an aromatic ring is 1. The SMILES string of the molecule is N#Cc1ccc(NC(=O)Nc2cccc(N)c2)c(Cl)c1. The summed E-state index contributed by atoms with van der Waals surface area (Å²) < 4.78 is 0. The van der Waals surface area contributed by atoms with E-state index in [1.807, 2.05) is 6.07 Å². The predicted molar refractivity (Wildman–Crippen MR) is 79.7 cm³/mol. The Morgan fingerprint density at radius 3 is 2.65 bits per heavy atom. The molecular formula is C14H11ClN4O. The second kappa shape index (κ2) is 5.95. The van der Waals surface area contributed by atoms with E-state index in [1.165, 1.54) is 6.07 Å². The molecule has 6 heteroatoms. The van der Waals surface area contributed by atoms with Crippen molar-refractivity contribution < 1.29 is 4.79 Å². The van der Waals surface area contributed by atoms with Crippen molar-refractivity contribution in [1.82, 2.24) is 0 Å². The lowest BCUT2D eigenvalue weighted by Crippen LogP contribution is -2.19. The normalized spacial score (nSPS) is 9.60. The molecule has 2 rings (SSSR count). The topological polar surface area (TPSA) is 90.9 Å². The van der Waals surface area contributed by atoms with Gasteiger partial charge in [0, 0.05) is 11.4 Å². The molecule has 0 aliphatic heterocycles. The largest absolute Gasteiger partial charge is 0.399 e. The van der Waals surface area contributed by atoms with E-state index < -0.39 is 6.03 Å². The van der Waals surface area contributed by atoms with Gasteiger partial charge in [-0.15, -0.1) is 0 Å². The van der Waals surface area contributed by atoms with Crippen molar-refractivity contribution in [2.45, 2.75) is 0 Å². The van der Waals surface area contributed by atoms with Crippen molar-refractivity contribution >= 4 is 34.7 Å². The fourth-order valence-corrected chi connectivity index (χ4v) is 1.81. The van der Waals surface area contributed by atoms with Crippen molar-refractivity contribution in [3.8, 4) is 6.07 Å². The molecular weight excluding hydrogens is 276 g/mol. The van der Waals surface area contributed by atoms with Gasteiger partial charge in [-0.25, -0.2) is 4.79 Å². The highest BCUT2D eigenvalue weighted by Crippen LogP contribution is 2.23. The van der Waals surface area contributed by atoms with Gasteiger partial charge in [0.25, 0.3) is 0 Å². The first-order valence-corrected chi connectivity index (χ1v) is 6.09. The Labute approximate surface area is 121 Å². The molecule has 0 fully saturated rings. The first-order chi connectivity index (χ1) is 9.58. The summed E-state index contributed by atoms with van der Waals surface area (Å²) in [7, 11) is 0. The maximum atomic E-state index is 11.8. The number of benzene rings is 2. The average Bonchev–Trinajstić information content (AvgIpc) is 2.41. The van der Waals surface area contributed by atoms with Gasteiger partial charge in [0.1, 0.15) is 0 Å². The molecule has 0 aromatic heterocycles. The minimum absolute atomic E-state index is 0.298. The van der Waals surface area contributed by atoms with Crippen LogP contribution in [0, 0.1) is 11.3 Å². The number of hydrogen-bond acceptors (Lipinski definition) is 3. The molecule has 0 saturated carbocycles. The maximum Gasteiger partial charge on any atom is 0.323 e. The monoisotopic (exact) mass is 286 g/mol. The van der Waals surface area contributed by atoms with E-state index in [2.05, 4.69) is 10.6 Å². The molecule has 0 aliphatic rings. The third-order valence-electron chi connectivity index (χ3n) is 2.49. The summed E-state index contributed by atoms with van der Waals surface area (Å²) in [4.78, 5) is 11.8. The van der Waals surface area contributed by atoms with Crippen molar-refractivity contribution in [2.24, 2.45) is 0 Å². The average molecular weight is 287 g/mol. The van der Waals surface area contributed by atoms with Crippen molar-refractivity contribution in [2.75, 3.05) is 16.4 Å². The van der Waals surface area contributed by atoms with Crippen LogP contribution in [0.3, 0.4) is 0 Å². The van der Waals surface area contributed by atoms with Gasteiger partial charge in [-0.3, -0.25) is 0 Å². The molecule has 4 N–H and O–H groups in total. The first-order valence-electron chi connectivity index (χ1n) is 5.71. The summed E-state index contributed by atoms with van der Waals surface area (Å²) in [5.74, 6) is 0. The summed E-state index contributed by atoms with van der Waals surface area (Å²) >= 11 is 5.97. The number of nitriles is 1. The molecule has 2 aromatic rings. The van der Waals surface area contributed by atoms with Crippen LogP contribution in [0.15, 0.2) is 42.5 Å². The zero-order valence-corrected chi connectivity index (χ0v) is 11.1. The molecule has 0 saturated heterocycles. The van der Waals surface area contributed by atoms with Gasteiger partial charge in [0.2, 0.25) is 0 Å². The van der Waals surface area contributed by atoms with E-state index in [-0.39, 0.29) is 0 Å². The molecule has 2 amide bonds. The predicted octanol–water partition coefficient (Wildman–Crippen LogP) is 3.44. The van der Waals surface area contributed by atoms with E-state index in [1.54, 1.807) is 36.4 Å². The highest BCUT2D eigenvalue weighted by Gasteiger charge is 2.07. The molecule has 0 atom stereocenters. The van der Waals surface area contributed by atoms with Crippen molar-refractivity contribution in [3.05, 3.63) is 53.1 Å². The quantitative estimate of drug-likeness (QED) is 0.739. The molecule has 100 valence electrons. The number of carbonyl (C=O) groups is 1. The van der Waals surface area contributed by atoms with Crippen LogP contribution >= 0.6 is 11.6 Å². The van der Waals surface area contributed by atoms with E-state index in [4.69, 9.17) is 22.6 Å².